The van der Waals surface area contributed by atoms with Crippen molar-refractivity contribution in [3.05, 3.63) is 71.0 Å². The van der Waals surface area contributed by atoms with Crippen LogP contribution >= 0.6 is 0 Å². The second-order valence-electron chi connectivity index (χ2n) is 11.6. The number of nitrogens with zero attached hydrogens (tertiary/aromatic N) is 3. The van der Waals surface area contributed by atoms with E-state index in [0.717, 1.165) is 37.7 Å². The molecule has 1 aromatic heterocycles. The normalized spacial score (nSPS) is 11.8. The minimum atomic E-state index is -1.25. The molecule has 0 aliphatic heterocycles. The lowest BCUT2D eigenvalue weighted by atomic mass is 10.00. The Morgan fingerprint density at radius 3 is 2.15 bits per heavy atom. The third kappa shape index (κ3) is 10.5. The second kappa shape index (κ2) is 14.1. The number of aromatic carboxylic acids is 2. The van der Waals surface area contributed by atoms with Crippen LogP contribution in [0.4, 0.5) is 0 Å². The predicted molar refractivity (Wildman–Crippen MR) is 154 cm³/mol. The van der Waals surface area contributed by atoms with Gasteiger partial charge >= 0.3 is 11.9 Å². The van der Waals surface area contributed by atoms with Crippen LogP contribution in [0, 0.1) is 0 Å². The van der Waals surface area contributed by atoms with Gasteiger partial charge in [-0.05, 0) is 58.2 Å². The van der Waals surface area contributed by atoms with E-state index in [1.54, 1.807) is 32.4 Å². The molecule has 0 aliphatic carbocycles. The highest BCUT2D eigenvalue weighted by Gasteiger charge is 2.28. The molecule has 0 aliphatic rings. The third-order valence-electron chi connectivity index (χ3n) is 6.50. The van der Waals surface area contributed by atoms with Crippen LogP contribution < -0.4 is 9.47 Å². The van der Waals surface area contributed by atoms with Crippen LogP contribution in [0.3, 0.4) is 0 Å². The predicted octanol–water partition coefficient (Wildman–Crippen LogP) is 5.61. The van der Waals surface area contributed by atoms with E-state index in [9.17, 15) is 24.9 Å². The molecule has 0 saturated carbocycles. The maximum Gasteiger partial charge on any atom is 0.339 e. The van der Waals surface area contributed by atoms with Gasteiger partial charge in [0.2, 0.25) is 0 Å². The van der Waals surface area contributed by atoms with Crippen LogP contribution in [0.15, 0.2) is 48.7 Å². The van der Waals surface area contributed by atoms with Gasteiger partial charge in [0.05, 0.1) is 24.4 Å². The van der Waals surface area contributed by atoms with Gasteiger partial charge in [0.15, 0.2) is 0 Å². The number of hydrogen-bond acceptors (Lipinski definition) is 7. The Bertz CT molecular complexity index is 1300. The lowest BCUT2D eigenvalue weighted by molar-refractivity contribution is 0.0654. The highest BCUT2D eigenvalue weighted by molar-refractivity contribution is 5.97. The first-order valence-electron chi connectivity index (χ1n) is 13.9. The van der Waals surface area contributed by atoms with Crippen LogP contribution in [0.2, 0.25) is 0 Å². The molecule has 0 atom stereocenters. The highest BCUT2D eigenvalue weighted by Crippen LogP contribution is 2.33. The van der Waals surface area contributed by atoms with E-state index in [4.69, 9.17) is 9.47 Å². The van der Waals surface area contributed by atoms with Crippen molar-refractivity contribution >= 4 is 11.9 Å². The number of unbranched alkanes of at least 4 members (excludes halogenated alkanes) is 4. The van der Waals surface area contributed by atoms with E-state index in [0.29, 0.717) is 25.1 Å². The monoisotopic (exact) mass is 567 g/mol. The Balaban J connectivity index is 1.64. The summed E-state index contributed by atoms with van der Waals surface area (Å²) < 4.78 is 13.5. The molecule has 3 rings (SSSR count). The maximum absolute atomic E-state index is 12.1. The van der Waals surface area contributed by atoms with Gasteiger partial charge in [0.1, 0.15) is 28.2 Å². The minimum Gasteiger partial charge on any atom is -0.493 e. The molecule has 0 radical (unpaired) electrons. The molecule has 3 N–H and O–H groups in total. The zero-order valence-electron chi connectivity index (χ0n) is 24.3. The van der Waals surface area contributed by atoms with E-state index < -0.39 is 23.1 Å². The number of carboxylic acid groups (broad SMARTS) is 2. The smallest absolute Gasteiger partial charge is 0.339 e. The number of benzene rings is 2. The molecule has 0 fully saturated rings. The van der Waals surface area contributed by atoms with Crippen LogP contribution in [0.25, 0.3) is 0 Å². The molecule has 0 saturated heterocycles. The summed E-state index contributed by atoms with van der Waals surface area (Å²) in [4.78, 5) is 24.1. The Morgan fingerprint density at radius 2 is 1.49 bits per heavy atom. The summed E-state index contributed by atoms with van der Waals surface area (Å²) in [5.74, 6) is -2.56. The molecule has 222 valence electrons. The van der Waals surface area contributed by atoms with Gasteiger partial charge < -0.3 is 24.8 Å². The number of aromatic nitrogens is 3. The molecule has 0 amide bonds. The van der Waals surface area contributed by atoms with Gasteiger partial charge in [-0.15, -0.1) is 5.10 Å². The van der Waals surface area contributed by atoms with Gasteiger partial charge in [-0.25, -0.2) is 14.3 Å². The van der Waals surface area contributed by atoms with Gasteiger partial charge in [-0.3, -0.25) is 0 Å². The van der Waals surface area contributed by atoms with Crippen LogP contribution in [0.1, 0.15) is 98.2 Å². The Kier molecular flexibility index (Phi) is 10.9. The SMILES string of the molecule is CC(C)(O)CCCCCCCOc1cc(C(=O)O)c(OC(C)(C)Cc2cn(Cc3ccccc3)nn2)cc1C(=O)O. The molecule has 0 spiro atoms. The summed E-state index contributed by atoms with van der Waals surface area (Å²) in [6.45, 7) is 7.97. The van der Waals surface area contributed by atoms with E-state index in [2.05, 4.69) is 10.3 Å². The minimum absolute atomic E-state index is 0.00839. The first-order chi connectivity index (χ1) is 19.3. The van der Waals surface area contributed by atoms with Crippen molar-refractivity contribution in [3.63, 3.8) is 0 Å². The molecule has 0 unspecified atom stereocenters. The van der Waals surface area contributed by atoms with Gasteiger partial charge in [-0.1, -0.05) is 61.2 Å². The number of carboxylic acids is 2. The summed E-state index contributed by atoms with van der Waals surface area (Å²) in [6.07, 6.45) is 7.32. The molecular weight excluding hydrogens is 526 g/mol. The molecule has 1 heterocycles. The molecule has 41 heavy (non-hydrogen) atoms. The Morgan fingerprint density at radius 1 is 0.878 bits per heavy atom. The summed E-state index contributed by atoms with van der Waals surface area (Å²) >= 11 is 0. The van der Waals surface area contributed by atoms with Gasteiger partial charge in [0.25, 0.3) is 0 Å². The fourth-order valence-corrected chi connectivity index (χ4v) is 4.51. The number of hydrogen-bond donors (Lipinski definition) is 3. The number of rotatable bonds is 17. The quantitative estimate of drug-likeness (QED) is 0.177. The van der Waals surface area contributed by atoms with E-state index in [1.165, 1.54) is 12.1 Å². The van der Waals surface area contributed by atoms with Crippen molar-refractivity contribution < 1.29 is 34.4 Å². The lowest BCUT2D eigenvalue weighted by Crippen LogP contribution is -2.32. The maximum atomic E-state index is 12.1. The van der Waals surface area contributed by atoms with Crippen molar-refractivity contribution in [1.29, 1.82) is 0 Å². The van der Waals surface area contributed by atoms with Crippen molar-refractivity contribution in [1.82, 2.24) is 15.0 Å². The number of aliphatic hydroxyl groups is 1. The summed E-state index contributed by atoms with van der Waals surface area (Å²) in [5, 5.41) is 37.9. The molecule has 10 heteroatoms. The fourth-order valence-electron chi connectivity index (χ4n) is 4.51. The third-order valence-corrected chi connectivity index (χ3v) is 6.50. The van der Waals surface area contributed by atoms with Gasteiger partial charge in [-0.2, -0.15) is 0 Å². The topological polar surface area (TPSA) is 144 Å². The summed E-state index contributed by atoms with van der Waals surface area (Å²) in [6, 6.07) is 12.3. The summed E-state index contributed by atoms with van der Waals surface area (Å²) in [5.41, 5.74) is -0.192. The van der Waals surface area contributed by atoms with E-state index >= 15 is 0 Å². The summed E-state index contributed by atoms with van der Waals surface area (Å²) in [7, 11) is 0. The van der Waals surface area contributed by atoms with Crippen molar-refractivity contribution in [2.75, 3.05) is 6.61 Å². The zero-order valence-corrected chi connectivity index (χ0v) is 24.3. The zero-order chi connectivity index (χ0) is 30.0. The van der Waals surface area contributed by atoms with Crippen molar-refractivity contribution in [2.24, 2.45) is 0 Å². The molecule has 2 aromatic carbocycles. The van der Waals surface area contributed by atoms with E-state index in [1.807, 2.05) is 36.5 Å². The Hall–Kier alpha value is -3.92. The van der Waals surface area contributed by atoms with Gasteiger partial charge in [0, 0.05) is 12.6 Å². The standard InChI is InChI=1S/C31H41N3O7/c1-30(2,39)15-11-6-5-7-12-16-40-26-17-25(29(37)38)27(18-24(26)28(35)36)41-31(3,4)19-23-21-34(33-32-23)20-22-13-9-8-10-14-22/h8-10,13-14,17-18,21,39H,5-7,11-12,15-16,19-20H2,1-4H3,(H,35,36)(H,37,38). The fraction of sp³-hybridized carbons (Fsp3) is 0.484. The van der Waals surface area contributed by atoms with Crippen molar-refractivity contribution in [3.8, 4) is 11.5 Å². The molecular formula is C31H41N3O7. The number of ether oxygens (including phenoxy) is 2. The average Bonchev–Trinajstić information content (AvgIpc) is 3.31. The second-order valence-corrected chi connectivity index (χ2v) is 11.6. The molecule has 10 nitrogen and oxygen atoms in total. The van der Waals surface area contributed by atoms with Crippen molar-refractivity contribution in [2.45, 2.75) is 90.4 Å². The first kappa shape index (κ1) is 31.6. The highest BCUT2D eigenvalue weighted by atomic mass is 16.5. The average molecular weight is 568 g/mol. The van der Waals surface area contributed by atoms with Crippen LogP contribution in [-0.2, 0) is 13.0 Å². The van der Waals surface area contributed by atoms with Crippen LogP contribution in [-0.4, -0.2) is 60.1 Å². The lowest BCUT2D eigenvalue weighted by Gasteiger charge is -2.27. The first-order valence-corrected chi connectivity index (χ1v) is 13.9. The Labute approximate surface area is 240 Å². The molecule has 3 aromatic rings. The number of carbonyl (C=O) groups is 2. The van der Waals surface area contributed by atoms with E-state index in [-0.39, 0.29) is 29.2 Å². The van der Waals surface area contributed by atoms with Crippen LogP contribution in [0.5, 0.6) is 11.5 Å². The largest absolute Gasteiger partial charge is 0.493 e. The molecule has 0 bridgehead atoms.